The van der Waals surface area contributed by atoms with Crippen LogP contribution in [0, 0.1) is 3.57 Å². The summed E-state index contributed by atoms with van der Waals surface area (Å²) < 4.78 is 7.85. The summed E-state index contributed by atoms with van der Waals surface area (Å²) in [7, 11) is 0. The van der Waals surface area contributed by atoms with E-state index >= 15 is 0 Å². The number of hydrogen-bond acceptors (Lipinski definition) is 4. The van der Waals surface area contributed by atoms with Gasteiger partial charge in [-0.25, -0.2) is 10.4 Å². The predicted octanol–water partition coefficient (Wildman–Crippen LogP) is 5.45. The largest absolute Gasteiger partial charge is 0.488 e. The van der Waals surface area contributed by atoms with E-state index in [0.717, 1.165) is 24.9 Å². The van der Waals surface area contributed by atoms with Crippen molar-refractivity contribution in [3.63, 3.8) is 0 Å². The number of rotatable bonds is 6. The molecule has 1 heterocycles. The lowest BCUT2D eigenvalue weighted by Gasteiger charge is -2.09. The smallest absolute Gasteiger partial charge is 0.274 e. The van der Waals surface area contributed by atoms with E-state index in [9.17, 15) is 4.79 Å². The van der Waals surface area contributed by atoms with Crippen molar-refractivity contribution in [2.75, 3.05) is 0 Å². The fourth-order valence-electron chi connectivity index (χ4n) is 2.24. The molecule has 0 spiro atoms. The van der Waals surface area contributed by atoms with Gasteiger partial charge in [0.25, 0.3) is 5.91 Å². The Kier molecular flexibility index (Phi) is 7.41. The number of carbonyl (C=O) groups is 1. The molecule has 0 aliphatic rings. The monoisotopic (exact) mass is 569 g/mol. The molecule has 8 heteroatoms. The normalized spacial score (nSPS) is 10.8. The highest BCUT2D eigenvalue weighted by Crippen LogP contribution is 2.23. The quantitative estimate of drug-likeness (QED) is 0.186. The van der Waals surface area contributed by atoms with Gasteiger partial charge in [-0.05, 0) is 76.2 Å². The first-order valence-electron chi connectivity index (χ1n) is 8.13. The summed E-state index contributed by atoms with van der Waals surface area (Å²) in [5.41, 5.74) is 4.63. The average molecular weight is 571 g/mol. The number of nitrogens with one attached hydrogen (secondary N) is 1. The van der Waals surface area contributed by atoms with Gasteiger partial charge in [-0.2, -0.15) is 5.10 Å². The molecule has 0 atom stereocenters. The summed E-state index contributed by atoms with van der Waals surface area (Å²) in [6.07, 6.45) is 3.08. The Morgan fingerprint density at radius 1 is 1.25 bits per heavy atom. The number of ether oxygens (including phenoxy) is 1. The lowest BCUT2D eigenvalue weighted by Crippen LogP contribution is -2.18. The summed E-state index contributed by atoms with van der Waals surface area (Å²) in [4.78, 5) is 15.9. The highest BCUT2D eigenvalue weighted by molar-refractivity contribution is 14.1. The average Bonchev–Trinajstić information content (AvgIpc) is 2.69. The molecular formula is C20H14BrClIN3O2. The SMILES string of the molecule is O=C(NN=Cc1ccc(OCc2ccc(Br)cc2)c(I)c1)c1cccnc1Cl. The van der Waals surface area contributed by atoms with Crippen LogP contribution >= 0.6 is 50.1 Å². The number of aromatic nitrogens is 1. The van der Waals surface area contributed by atoms with E-state index in [4.69, 9.17) is 16.3 Å². The molecule has 0 unspecified atom stereocenters. The molecule has 0 aliphatic carbocycles. The predicted molar refractivity (Wildman–Crippen MR) is 122 cm³/mol. The molecule has 0 aliphatic heterocycles. The van der Waals surface area contributed by atoms with E-state index in [1.165, 1.54) is 6.20 Å². The van der Waals surface area contributed by atoms with Crippen LogP contribution < -0.4 is 10.2 Å². The van der Waals surface area contributed by atoms with Gasteiger partial charge >= 0.3 is 0 Å². The zero-order valence-electron chi connectivity index (χ0n) is 14.4. The Morgan fingerprint density at radius 2 is 2.04 bits per heavy atom. The van der Waals surface area contributed by atoms with Gasteiger partial charge in [0.05, 0.1) is 15.3 Å². The topological polar surface area (TPSA) is 63.6 Å². The zero-order valence-corrected chi connectivity index (χ0v) is 18.9. The molecule has 3 rings (SSSR count). The second-order valence-electron chi connectivity index (χ2n) is 5.65. The molecule has 142 valence electrons. The van der Waals surface area contributed by atoms with Crippen molar-refractivity contribution in [3.8, 4) is 5.75 Å². The lowest BCUT2D eigenvalue weighted by atomic mass is 10.2. The third-order valence-electron chi connectivity index (χ3n) is 3.65. The molecule has 1 amide bonds. The van der Waals surface area contributed by atoms with E-state index in [1.807, 2.05) is 42.5 Å². The molecule has 0 saturated heterocycles. The molecular weight excluding hydrogens is 557 g/mol. The molecule has 0 saturated carbocycles. The van der Waals surface area contributed by atoms with Crippen molar-refractivity contribution in [3.05, 3.63) is 90.7 Å². The minimum atomic E-state index is -0.418. The Morgan fingerprint density at radius 3 is 2.75 bits per heavy atom. The van der Waals surface area contributed by atoms with Crippen LogP contribution in [0.2, 0.25) is 5.15 Å². The van der Waals surface area contributed by atoms with Crippen LogP contribution in [0.3, 0.4) is 0 Å². The minimum Gasteiger partial charge on any atom is -0.488 e. The van der Waals surface area contributed by atoms with Crippen LogP contribution in [0.1, 0.15) is 21.5 Å². The first kappa shape index (κ1) is 20.8. The van der Waals surface area contributed by atoms with Crippen molar-refractivity contribution < 1.29 is 9.53 Å². The fourth-order valence-corrected chi connectivity index (χ4v) is 3.40. The van der Waals surface area contributed by atoms with E-state index < -0.39 is 5.91 Å². The highest BCUT2D eigenvalue weighted by atomic mass is 127. The molecule has 3 aromatic rings. The molecule has 1 N–H and O–H groups in total. The zero-order chi connectivity index (χ0) is 19.9. The maximum atomic E-state index is 12.0. The number of hydrogen-bond donors (Lipinski definition) is 1. The van der Waals surface area contributed by atoms with E-state index in [0.29, 0.717) is 6.61 Å². The molecule has 28 heavy (non-hydrogen) atoms. The van der Waals surface area contributed by atoms with Crippen molar-refractivity contribution in [2.45, 2.75) is 6.61 Å². The van der Waals surface area contributed by atoms with E-state index in [-0.39, 0.29) is 10.7 Å². The molecule has 2 aromatic carbocycles. The van der Waals surface area contributed by atoms with Crippen molar-refractivity contribution in [1.82, 2.24) is 10.4 Å². The fraction of sp³-hybridized carbons (Fsp3) is 0.0500. The number of nitrogens with zero attached hydrogens (tertiary/aromatic N) is 2. The van der Waals surface area contributed by atoms with Gasteiger partial charge in [-0.3, -0.25) is 4.79 Å². The van der Waals surface area contributed by atoms with E-state index in [1.54, 1.807) is 18.3 Å². The lowest BCUT2D eigenvalue weighted by molar-refractivity contribution is 0.0955. The summed E-state index contributed by atoms with van der Waals surface area (Å²) in [5, 5.41) is 4.11. The molecule has 0 bridgehead atoms. The number of halogens is 3. The maximum Gasteiger partial charge on any atom is 0.274 e. The third kappa shape index (κ3) is 5.76. The standard InChI is InChI=1S/C20H14BrClIN3O2/c21-15-6-3-13(4-7-15)12-28-18-8-5-14(10-17(18)23)11-25-26-20(27)16-2-1-9-24-19(16)22/h1-11H,12H2,(H,26,27). The summed E-state index contributed by atoms with van der Waals surface area (Å²) >= 11 is 11.5. The maximum absolute atomic E-state index is 12.0. The van der Waals surface area contributed by atoms with Gasteiger partial charge < -0.3 is 4.74 Å². The summed E-state index contributed by atoms with van der Waals surface area (Å²) in [6.45, 7) is 0.485. The van der Waals surface area contributed by atoms with Crippen LogP contribution in [-0.4, -0.2) is 17.1 Å². The summed E-state index contributed by atoms with van der Waals surface area (Å²) in [5.74, 6) is 0.366. The van der Waals surface area contributed by atoms with Gasteiger partial charge in [0.1, 0.15) is 17.5 Å². The van der Waals surface area contributed by atoms with Crippen LogP contribution in [0.5, 0.6) is 5.75 Å². The number of carbonyl (C=O) groups excluding carboxylic acids is 1. The number of pyridine rings is 1. The first-order valence-corrected chi connectivity index (χ1v) is 10.4. The van der Waals surface area contributed by atoms with Crippen molar-refractivity contribution in [1.29, 1.82) is 0 Å². The van der Waals surface area contributed by atoms with Gasteiger partial charge in [0, 0.05) is 10.7 Å². The number of benzene rings is 2. The van der Waals surface area contributed by atoms with Gasteiger partial charge in [0.15, 0.2) is 0 Å². The van der Waals surface area contributed by atoms with Gasteiger partial charge in [0.2, 0.25) is 0 Å². The summed E-state index contributed by atoms with van der Waals surface area (Å²) in [6, 6.07) is 16.9. The Hall–Kier alpha value is -1.97. The Labute approximate surface area is 189 Å². The first-order chi connectivity index (χ1) is 13.5. The van der Waals surface area contributed by atoms with E-state index in [2.05, 4.69) is 54.0 Å². The third-order valence-corrected chi connectivity index (χ3v) is 5.32. The van der Waals surface area contributed by atoms with Crippen molar-refractivity contribution >= 4 is 62.2 Å². The van der Waals surface area contributed by atoms with Crippen LogP contribution in [0.15, 0.2) is 70.4 Å². The van der Waals surface area contributed by atoms with Crippen LogP contribution in [0.25, 0.3) is 0 Å². The molecule has 0 radical (unpaired) electrons. The Bertz CT molecular complexity index is 1010. The number of amides is 1. The van der Waals surface area contributed by atoms with Crippen LogP contribution in [-0.2, 0) is 6.61 Å². The molecule has 5 nitrogen and oxygen atoms in total. The Balaban J connectivity index is 1.59. The minimum absolute atomic E-state index is 0.136. The van der Waals surface area contributed by atoms with Crippen molar-refractivity contribution in [2.24, 2.45) is 5.10 Å². The van der Waals surface area contributed by atoms with Crippen LogP contribution in [0.4, 0.5) is 0 Å². The molecule has 1 aromatic heterocycles. The second-order valence-corrected chi connectivity index (χ2v) is 8.08. The highest BCUT2D eigenvalue weighted by Gasteiger charge is 2.09. The van der Waals surface area contributed by atoms with Gasteiger partial charge in [-0.15, -0.1) is 0 Å². The molecule has 0 fully saturated rings. The second kappa shape index (κ2) is 9.99. The number of hydrazone groups is 1. The van der Waals surface area contributed by atoms with Gasteiger partial charge in [-0.1, -0.05) is 39.7 Å².